The topological polar surface area (TPSA) is 93.6 Å². The van der Waals surface area contributed by atoms with Gasteiger partial charge in [-0.25, -0.2) is 9.97 Å². The van der Waals surface area contributed by atoms with Crippen LogP contribution in [0.4, 0.5) is 19.1 Å². The minimum absolute atomic E-state index is 0.0333. The lowest BCUT2D eigenvalue weighted by atomic mass is 9.97. The van der Waals surface area contributed by atoms with Crippen molar-refractivity contribution in [3.8, 4) is 0 Å². The van der Waals surface area contributed by atoms with Crippen LogP contribution in [0.5, 0.6) is 0 Å². The highest BCUT2D eigenvalue weighted by atomic mass is 19.4. The lowest BCUT2D eigenvalue weighted by molar-refractivity contribution is -0.259. The number of hydrogen-bond donors (Lipinski definition) is 3. The van der Waals surface area contributed by atoms with E-state index < -0.39 is 22.9 Å². The third-order valence-corrected chi connectivity index (χ3v) is 5.80. The first-order valence-corrected chi connectivity index (χ1v) is 9.57. The highest BCUT2D eigenvalue weighted by Crippen LogP contribution is 2.38. The molecular weight excluding hydrogens is 389 g/mol. The van der Waals surface area contributed by atoms with Crippen molar-refractivity contribution in [1.82, 2.24) is 25.5 Å². The largest absolute Gasteiger partial charge is 0.421 e. The summed E-state index contributed by atoms with van der Waals surface area (Å²) in [4.78, 5) is 24.5. The van der Waals surface area contributed by atoms with E-state index in [4.69, 9.17) is 0 Å². The fraction of sp³-hybridized carbons (Fsp3) is 0.722. The molecule has 2 atom stereocenters. The number of alkyl halides is 3. The summed E-state index contributed by atoms with van der Waals surface area (Å²) in [6.45, 7) is 8.18. The zero-order valence-corrected chi connectivity index (χ0v) is 16.8. The van der Waals surface area contributed by atoms with E-state index in [0.717, 1.165) is 12.4 Å². The molecule has 0 aliphatic carbocycles. The number of rotatable bonds is 4. The molecule has 1 unspecified atom stereocenters. The fourth-order valence-electron chi connectivity index (χ4n) is 3.59. The molecule has 0 saturated carbocycles. The van der Waals surface area contributed by atoms with Crippen molar-refractivity contribution in [3.63, 3.8) is 0 Å². The number of halogens is 3. The molecule has 3 rings (SSSR count). The third kappa shape index (κ3) is 4.17. The van der Waals surface area contributed by atoms with E-state index in [1.54, 1.807) is 0 Å². The first kappa shape index (κ1) is 21.7. The van der Waals surface area contributed by atoms with Crippen LogP contribution in [0.1, 0.15) is 26.3 Å². The standard InChI is InChI=1S/C18H27F3N6O2/c1-16(2)14(28)23-5-6-26(16)11-13-10-22-4-7-27(13)15-24-8-12(9-25-15)17(3,29)18(19,20)21/h8-9,13,22,29H,4-7,10-11H2,1-3H3,(H,23,28)/t13-,17?/m1/s1. The SMILES string of the molecule is CC1(C)C(=O)NCCN1C[C@H]1CNCCN1c1ncc(C(C)(O)C(F)(F)F)cn1. The summed E-state index contributed by atoms with van der Waals surface area (Å²) < 4.78 is 39.1. The van der Waals surface area contributed by atoms with Gasteiger partial charge in [-0.15, -0.1) is 0 Å². The van der Waals surface area contributed by atoms with Gasteiger partial charge in [-0.05, 0) is 20.8 Å². The molecule has 0 bridgehead atoms. The average Bonchev–Trinajstić information content (AvgIpc) is 2.65. The predicted octanol–water partition coefficient (Wildman–Crippen LogP) is 0.235. The Kier molecular flexibility index (Phi) is 5.76. The maximum Gasteiger partial charge on any atom is 0.421 e. The zero-order chi connectivity index (χ0) is 21.4. The van der Waals surface area contributed by atoms with Gasteiger partial charge in [0.05, 0.1) is 11.6 Å². The summed E-state index contributed by atoms with van der Waals surface area (Å²) in [5.74, 6) is 0.270. The van der Waals surface area contributed by atoms with E-state index in [9.17, 15) is 23.1 Å². The van der Waals surface area contributed by atoms with Crippen LogP contribution in [0.2, 0.25) is 0 Å². The van der Waals surface area contributed by atoms with E-state index in [-0.39, 0.29) is 11.9 Å². The Morgan fingerprint density at radius 1 is 1.24 bits per heavy atom. The van der Waals surface area contributed by atoms with Gasteiger partial charge in [-0.1, -0.05) is 0 Å². The summed E-state index contributed by atoms with van der Waals surface area (Å²) in [6.07, 6.45) is -2.78. The van der Waals surface area contributed by atoms with E-state index in [2.05, 4.69) is 25.5 Å². The van der Waals surface area contributed by atoms with Crippen LogP contribution in [-0.2, 0) is 10.4 Å². The molecule has 29 heavy (non-hydrogen) atoms. The number of nitrogens with one attached hydrogen (secondary N) is 2. The Morgan fingerprint density at radius 2 is 1.90 bits per heavy atom. The van der Waals surface area contributed by atoms with Gasteiger partial charge in [-0.2, -0.15) is 13.2 Å². The van der Waals surface area contributed by atoms with Gasteiger partial charge in [0.25, 0.3) is 0 Å². The van der Waals surface area contributed by atoms with Gasteiger partial charge >= 0.3 is 6.18 Å². The van der Waals surface area contributed by atoms with Crippen molar-refractivity contribution in [2.75, 3.05) is 44.2 Å². The molecule has 3 N–H and O–H groups in total. The molecule has 0 radical (unpaired) electrons. The van der Waals surface area contributed by atoms with Crippen LogP contribution < -0.4 is 15.5 Å². The molecule has 8 nitrogen and oxygen atoms in total. The van der Waals surface area contributed by atoms with E-state index in [0.29, 0.717) is 52.1 Å². The third-order valence-electron chi connectivity index (χ3n) is 5.80. The van der Waals surface area contributed by atoms with Gasteiger partial charge < -0.3 is 20.6 Å². The number of anilines is 1. The van der Waals surface area contributed by atoms with Gasteiger partial charge in [0.2, 0.25) is 11.9 Å². The number of aromatic nitrogens is 2. The van der Waals surface area contributed by atoms with Crippen molar-refractivity contribution in [3.05, 3.63) is 18.0 Å². The first-order chi connectivity index (χ1) is 13.4. The number of nitrogens with zero attached hydrogens (tertiary/aromatic N) is 4. The molecule has 11 heteroatoms. The highest BCUT2D eigenvalue weighted by molar-refractivity contribution is 5.86. The molecule has 0 spiro atoms. The lowest BCUT2D eigenvalue weighted by Gasteiger charge is -2.46. The van der Waals surface area contributed by atoms with E-state index >= 15 is 0 Å². The minimum atomic E-state index is -4.82. The summed E-state index contributed by atoms with van der Waals surface area (Å²) in [7, 11) is 0. The molecule has 2 saturated heterocycles. The molecule has 2 aliphatic rings. The monoisotopic (exact) mass is 416 g/mol. The fourth-order valence-corrected chi connectivity index (χ4v) is 3.59. The normalized spacial score (nSPS) is 25.4. The van der Waals surface area contributed by atoms with Crippen LogP contribution in [0.3, 0.4) is 0 Å². The number of aliphatic hydroxyl groups is 1. The highest BCUT2D eigenvalue weighted by Gasteiger charge is 2.51. The van der Waals surface area contributed by atoms with Gasteiger partial charge in [0, 0.05) is 57.2 Å². The second-order valence-corrected chi connectivity index (χ2v) is 8.15. The molecule has 1 aromatic rings. The van der Waals surface area contributed by atoms with Crippen LogP contribution in [0, 0.1) is 0 Å². The number of carbonyl (C=O) groups is 1. The summed E-state index contributed by atoms with van der Waals surface area (Å²) in [5, 5.41) is 16.0. The Morgan fingerprint density at radius 3 is 2.52 bits per heavy atom. The van der Waals surface area contributed by atoms with Crippen LogP contribution >= 0.6 is 0 Å². The number of piperazine rings is 2. The lowest BCUT2D eigenvalue weighted by Crippen LogP contribution is -2.66. The minimum Gasteiger partial charge on any atom is -0.376 e. The Balaban J connectivity index is 1.79. The maximum atomic E-state index is 13.0. The van der Waals surface area contributed by atoms with Crippen molar-refractivity contribution >= 4 is 11.9 Å². The second-order valence-electron chi connectivity index (χ2n) is 8.15. The zero-order valence-electron chi connectivity index (χ0n) is 16.8. The van der Waals surface area contributed by atoms with E-state index in [1.165, 1.54) is 0 Å². The summed E-state index contributed by atoms with van der Waals surface area (Å²) >= 11 is 0. The number of hydrogen-bond acceptors (Lipinski definition) is 7. The second kappa shape index (κ2) is 7.69. The van der Waals surface area contributed by atoms with Gasteiger partial charge in [-0.3, -0.25) is 9.69 Å². The molecule has 0 aromatic carbocycles. The molecular formula is C18H27F3N6O2. The van der Waals surface area contributed by atoms with Gasteiger partial charge in [0.1, 0.15) is 0 Å². The van der Waals surface area contributed by atoms with Gasteiger partial charge in [0.15, 0.2) is 5.60 Å². The van der Waals surface area contributed by atoms with Crippen molar-refractivity contribution in [2.24, 2.45) is 0 Å². The van der Waals surface area contributed by atoms with Crippen molar-refractivity contribution in [1.29, 1.82) is 0 Å². The summed E-state index contributed by atoms with van der Waals surface area (Å²) in [5.41, 5.74) is -4.08. The summed E-state index contributed by atoms with van der Waals surface area (Å²) in [6, 6.07) is -0.0529. The van der Waals surface area contributed by atoms with E-state index in [1.807, 2.05) is 18.7 Å². The first-order valence-electron chi connectivity index (χ1n) is 9.57. The smallest absolute Gasteiger partial charge is 0.376 e. The number of carbonyl (C=O) groups excluding carboxylic acids is 1. The number of amides is 1. The van der Waals surface area contributed by atoms with Crippen molar-refractivity contribution in [2.45, 2.75) is 44.1 Å². The predicted molar refractivity (Wildman–Crippen MR) is 100 cm³/mol. The Bertz CT molecular complexity index is 738. The molecule has 3 heterocycles. The van der Waals surface area contributed by atoms with Crippen LogP contribution in [0.25, 0.3) is 0 Å². The molecule has 1 amide bonds. The van der Waals surface area contributed by atoms with Crippen LogP contribution in [-0.4, -0.2) is 82.9 Å². The average molecular weight is 416 g/mol. The van der Waals surface area contributed by atoms with Crippen LogP contribution in [0.15, 0.2) is 12.4 Å². The quantitative estimate of drug-likeness (QED) is 0.647. The maximum absolute atomic E-state index is 13.0. The molecule has 2 fully saturated rings. The molecule has 1 aromatic heterocycles. The Hall–Kier alpha value is -1.98. The molecule has 2 aliphatic heterocycles. The molecule has 162 valence electrons. The van der Waals surface area contributed by atoms with Crippen molar-refractivity contribution < 1.29 is 23.1 Å². The Labute approximate surface area is 167 Å².